The number of carbonyl (C=O) groups excluding carboxylic acids is 2. The molecule has 132 valence electrons. The van der Waals surface area contributed by atoms with E-state index >= 15 is 0 Å². The van der Waals surface area contributed by atoms with Crippen molar-refractivity contribution in [2.24, 2.45) is 5.92 Å². The smallest absolute Gasteiger partial charge is 0.333 e. The number of carbonyl (C=O) groups is 2. The number of rotatable bonds is 3. The van der Waals surface area contributed by atoms with Gasteiger partial charge in [0, 0.05) is 38.3 Å². The van der Waals surface area contributed by atoms with Crippen LogP contribution in [0.2, 0.25) is 0 Å². The predicted octanol–water partition coefficient (Wildman–Crippen LogP) is 2.14. The molecule has 0 spiro atoms. The maximum absolute atomic E-state index is 12.5. The monoisotopic (exact) mass is 340 g/mol. The second-order valence-corrected chi connectivity index (χ2v) is 6.41. The van der Waals surface area contributed by atoms with Gasteiger partial charge in [0.05, 0.1) is 0 Å². The third-order valence-electron chi connectivity index (χ3n) is 4.83. The molecule has 1 aromatic heterocycles. The normalized spacial score (nSPS) is 19.8. The summed E-state index contributed by atoms with van der Waals surface area (Å²) in [5, 5.41) is 3.61. The fourth-order valence-electron chi connectivity index (χ4n) is 3.42. The number of piperidine rings is 2. The summed E-state index contributed by atoms with van der Waals surface area (Å²) in [6.45, 7) is -0.152. The van der Waals surface area contributed by atoms with Crippen molar-refractivity contribution >= 4 is 11.8 Å². The summed E-state index contributed by atoms with van der Waals surface area (Å²) >= 11 is 0. The molecule has 2 aliphatic heterocycles. The summed E-state index contributed by atoms with van der Waals surface area (Å²) in [4.78, 5) is 28.4. The fourth-order valence-corrected chi connectivity index (χ4v) is 3.42. The zero-order chi connectivity index (χ0) is 17.1. The van der Waals surface area contributed by atoms with Gasteiger partial charge in [-0.15, -0.1) is 0 Å². The molecule has 24 heavy (non-hydrogen) atoms. The van der Waals surface area contributed by atoms with E-state index in [-0.39, 0.29) is 23.4 Å². The lowest BCUT2D eigenvalue weighted by Crippen LogP contribution is -2.45. The quantitative estimate of drug-likeness (QED) is 0.847. The van der Waals surface area contributed by atoms with Crippen LogP contribution in [0.1, 0.15) is 49.1 Å². The summed E-state index contributed by atoms with van der Waals surface area (Å²) in [5.74, 6) is -0.187. The largest absolute Gasteiger partial charge is 0.342 e. The van der Waals surface area contributed by atoms with E-state index < -0.39 is 6.55 Å². The Morgan fingerprint density at radius 3 is 2.29 bits per heavy atom. The van der Waals surface area contributed by atoms with E-state index in [1.165, 1.54) is 12.5 Å². The second-order valence-electron chi connectivity index (χ2n) is 6.41. The number of alkyl halides is 2. The van der Waals surface area contributed by atoms with E-state index in [0.29, 0.717) is 30.6 Å². The first-order chi connectivity index (χ1) is 11.6. The summed E-state index contributed by atoms with van der Waals surface area (Å²) in [5.41, 5.74) is 0.0242. The molecule has 0 unspecified atom stereocenters. The highest BCUT2D eigenvalue weighted by Gasteiger charge is 2.31. The molecule has 0 bridgehead atoms. The van der Waals surface area contributed by atoms with Crippen molar-refractivity contribution in [3.63, 3.8) is 0 Å². The van der Waals surface area contributed by atoms with Crippen LogP contribution in [0, 0.1) is 5.92 Å². The standard InChI is InChI=1S/C16H22F2N4O2/c17-16(18)22-11-6-13(19-22)15(24)21-9-4-12(5-10-21)14(23)20-7-2-1-3-8-20/h6,11-12,16H,1-5,7-10H2. The Labute approximate surface area is 139 Å². The Kier molecular flexibility index (Phi) is 5.11. The molecular weight excluding hydrogens is 318 g/mol. The zero-order valence-electron chi connectivity index (χ0n) is 13.5. The van der Waals surface area contributed by atoms with E-state index in [4.69, 9.17) is 0 Å². The zero-order valence-corrected chi connectivity index (χ0v) is 13.5. The van der Waals surface area contributed by atoms with Gasteiger partial charge in [-0.3, -0.25) is 9.59 Å². The van der Waals surface area contributed by atoms with Gasteiger partial charge >= 0.3 is 6.55 Å². The fraction of sp³-hybridized carbons (Fsp3) is 0.688. The number of hydrogen-bond donors (Lipinski definition) is 0. The molecule has 6 nitrogen and oxygen atoms in total. The number of amides is 2. The minimum Gasteiger partial charge on any atom is -0.342 e. The molecule has 3 rings (SSSR count). The minimum absolute atomic E-state index is 0.0242. The average molecular weight is 340 g/mol. The lowest BCUT2D eigenvalue weighted by molar-refractivity contribution is -0.137. The number of hydrogen-bond acceptors (Lipinski definition) is 3. The van der Waals surface area contributed by atoms with Crippen LogP contribution >= 0.6 is 0 Å². The molecular formula is C16H22F2N4O2. The van der Waals surface area contributed by atoms with Gasteiger partial charge in [0.25, 0.3) is 5.91 Å². The van der Waals surface area contributed by atoms with E-state index in [1.54, 1.807) is 4.90 Å². The molecule has 8 heteroatoms. The highest BCUT2D eigenvalue weighted by molar-refractivity contribution is 5.92. The molecule has 0 radical (unpaired) electrons. The third kappa shape index (κ3) is 3.57. The first-order valence-corrected chi connectivity index (χ1v) is 8.47. The van der Waals surface area contributed by atoms with Gasteiger partial charge in [0.15, 0.2) is 5.69 Å². The maximum atomic E-state index is 12.5. The van der Waals surface area contributed by atoms with E-state index in [9.17, 15) is 18.4 Å². The molecule has 3 heterocycles. The van der Waals surface area contributed by atoms with Crippen LogP contribution in [0.3, 0.4) is 0 Å². The lowest BCUT2D eigenvalue weighted by atomic mass is 9.94. The van der Waals surface area contributed by atoms with Crippen LogP contribution < -0.4 is 0 Å². The first-order valence-electron chi connectivity index (χ1n) is 8.47. The highest BCUT2D eigenvalue weighted by Crippen LogP contribution is 2.23. The van der Waals surface area contributed by atoms with Crippen LogP contribution in [0.4, 0.5) is 8.78 Å². The molecule has 0 N–H and O–H groups in total. The maximum Gasteiger partial charge on any atom is 0.333 e. The lowest BCUT2D eigenvalue weighted by Gasteiger charge is -2.35. The molecule has 0 aromatic carbocycles. The van der Waals surface area contributed by atoms with Gasteiger partial charge in [-0.05, 0) is 38.2 Å². The van der Waals surface area contributed by atoms with Gasteiger partial charge in [-0.1, -0.05) is 0 Å². The van der Waals surface area contributed by atoms with Gasteiger partial charge in [-0.2, -0.15) is 13.9 Å². The SMILES string of the molecule is O=C(c1ccn(C(F)F)n1)N1CCC(C(=O)N2CCCCC2)CC1. The molecule has 2 fully saturated rings. The number of likely N-dealkylation sites (tertiary alicyclic amines) is 2. The molecule has 2 aliphatic rings. The van der Waals surface area contributed by atoms with Crippen LogP contribution in [-0.2, 0) is 4.79 Å². The van der Waals surface area contributed by atoms with Crippen molar-refractivity contribution in [2.75, 3.05) is 26.2 Å². The number of aromatic nitrogens is 2. The Morgan fingerprint density at radius 1 is 1.04 bits per heavy atom. The van der Waals surface area contributed by atoms with Crippen LogP contribution in [-0.4, -0.2) is 57.6 Å². The van der Waals surface area contributed by atoms with E-state index in [1.807, 2.05) is 4.90 Å². The van der Waals surface area contributed by atoms with Gasteiger partial charge in [-0.25, -0.2) is 4.68 Å². The second kappa shape index (κ2) is 7.27. The summed E-state index contributed by atoms with van der Waals surface area (Å²) in [7, 11) is 0. The Balaban J connectivity index is 1.54. The van der Waals surface area contributed by atoms with Crippen LogP contribution in [0.15, 0.2) is 12.3 Å². The van der Waals surface area contributed by atoms with Gasteiger partial charge in [0.2, 0.25) is 5.91 Å². The van der Waals surface area contributed by atoms with Crippen molar-refractivity contribution in [2.45, 2.75) is 38.7 Å². The molecule has 1 aromatic rings. The van der Waals surface area contributed by atoms with Crippen molar-refractivity contribution in [1.29, 1.82) is 0 Å². The topological polar surface area (TPSA) is 58.4 Å². The highest BCUT2D eigenvalue weighted by atomic mass is 19.3. The molecule has 0 atom stereocenters. The van der Waals surface area contributed by atoms with Crippen molar-refractivity contribution in [3.8, 4) is 0 Å². The third-order valence-corrected chi connectivity index (χ3v) is 4.83. The van der Waals surface area contributed by atoms with Gasteiger partial charge < -0.3 is 9.80 Å². The Bertz CT molecular complexity index is 591. The van der Waals surface area contributed by atoms with Crippen molar-refractivity contribution in [1.82, 2.24) is 19.6 Å². The molecule has 0 aliphatic carbocycles. The molecule has 2 amide bonds. The summed E-state index contributed by atoms with van der Waals surface area (Å²) in [6, 6.07) is 1.31. The van der Waals surface area contributed by atoms with Crippen LogP contribution in [0.25, 0.3) is 0 Å². The molecule has 2 saturated heterocycles. The van der Waals surface area contributed by atoms with Crippen molar-refractivity contribution < 1.29 is 18.4 Å². The number of nitrogens with zero attached hydrogens (tertiary/aromatic N) is 4. The summed E-state index contributed by atoms with van der Waals surface area (Å²) < 4.78 is 25.5. The van der Waals surface area contributed by atoms with Crippen LogP contribution in [0.5, 0.6) is 0 Å². The first kappa shape index (κ1) is 16.9. The number of halogens is 2. The Hall–Kier alpha value is -1.99. The Morgan fingerprint density at radius 2 is 1.71 bits per heavy atom. The summed E-state index contributed by atoms with van der Waals surface area (Å²) in [6.07, 6.45) is 5.66. The minimum atomic E-state index is -2.75. The average Bonchev–Trinajstić information content (AvgIpc) is 3.12. The predicted molar refractivity (Wildman–Crippen MR) is 82.5 cm³/mol. The molecule has 0 saturated carbocycles. The van der Waals surface area contributed by atoms with E-state index in [0.717, 1.165) is 32.1 Å². The van der Waals surface area contributed by atoms with Crippen molar-refractivity contribution in [3.05, 3.63) is 18.0 Å². The van der Waals surface area contributed by atoms with E-state index in [2.05, 4.69) is 5.10 Å². The van der Waals surface area contributed by atoms with Gasteiger partial charge in [0.1, 0.15) is 0 Å².